The molecule has 1 saturated heterocycles. The van der Waals surface area contributed by atoms with Crippen LogP contribution in [0.2, 0.25) is 0 Å². The van der Waals surface area contributed by atoms with Gasteiger partial charge in [-0.15, -0.1) is 0 Å². The molecule has 0 atom stereocenters. The molecule has 2 amide bonds. The lowest BCUT2D eigenvalue weighted by Gasteiger charge is -2.37. The van der Waals surface area contributed by atoms with Gasteiger partial charge in [0.1, 0.15) is 5.82 Å². The molecule has 3 rings (SSSR count). The Morgan fingerprint density at radius 3 is 2.35 bits per heavy atom. The fourth-order valence-corrected chi connectivity index (χ4v) is 3.52. The molecule has 0 radical (unpaired) electrons. The van der Waals surface area contributed by atoms with Crippen LogP contribution in [0.1, 0.15) is 19.4 Å². The number of nitrogens with zero attached hydrogens (tertiary/aromatic N) is 3. The average Bonchev–Trinajstić information content (AvgIpc) is 2.75. The Bertz CT molecular complexity index is 891. The monoisotopic (exact) mass is 426 g/mol. The number of piperazine rings is 1. The van der Waals surface area contributed by atoms with Crippen LogP contribution >= 0.6 is 0 Å². The molecule has 0 unspecified atom stereocenters. The summed E-state index contributed by atoms with van der Waals surface area (Å²) in [6.07, 6.45) is 0. The van der Waals surface area contributed by atoms with E-state index in [9.17, 15) is 9.18 Å². The standard InChI is InChI=1S/C23H31FN6O/c1-17(2)27-23(31)28-19-10-8-18(9-11-19)16-26-22(25-3)30-14-12-29(13-15-30)21-7-5-4-6-20(21)24/h4-11,17H,12-16H2,1-3H3,(H,25,26)(H2,27,28,31). The van der Waals surface area contributed by atoms with Crippen molar-refractivity contribution in [1.82, 2.24) is 15.5 Å². The molecular weight excluding hydrogens is 395 g/mol. The van der Waals surface area contributed by atoms with Crippen LogP contribution in [0.25, 0.3) is 0 Å². The number of nitrogens with one attached hydrogen (secondary N) is 3. The minimum Gasteiger partial charge on any atom is -0.366 e. The predicted octanol–water partition coefficient (Wildman–Crippen LogP) is 3.25. The molecular formula is C23H31FN6O. The first-order valence-corrected chi connectivity index (χ1v) is 10.6. The summed E-state index contributed by atoms with van der Waals surface area (Å²) in [5.41, 5.74) is 2.48. The summed E-state index contributed by atoms with van der Waals surface area (Å²) in [6.45, 7) is 7.46. The van der Waals surface area contributed by atoms with Gasteiger partial charge >= 0.3 is 6.03 Å². The molecule has 0 aliphatic carbocycles. The Morgan fingerprint density at radius 1 is 1.06 bits per heavy atom. The van der Waals surface area contributed by atoms with Crippen LogP contribution in [0.3, 0.4) is 0 Å². The van der Waals surface area contributed by atoms with Gasteiger partial charge in [0, 0.05) is 51.5 Å². The van der Waals surface area contributed by atoms with Crippen molar-refractivity contribution in [1.29, 1.82) is 0 Å². The number of para-hydroxylation sites is 1. The number of rotatable bonds is 5. The number of guanidine groups is 1. The molecule has 0 spiro atoms. The minimum atomic E-state index is -0.212. The molecule has 2 aromatic carbocycles. The predicted molar refractivity (Wildman–Crippen MR) is 124 cm³/mol. The highest BCUT2D eigenvalue weighted by molar-refractivity contribution is 5.89. The third-order valence-corrected chi connectivity index (χ3v) is 5.07. The summed E-state index contributed by atoms with van der Waals surface area (Å²) in [5.74, 6) is 0.643. The van der Waals surface area contributed by atoms with Gasteiger partial charge in [0.15, 0.2) is 5.96 Å². The molecule has 0 saturated carbocycles. The molecule has 8 heteroatoms. The maximum absolute atomic E-state index is 14.0. The quantitative estimate of drug-likeness (QED) is 0.507. The highest BCUT2D eigenvalue weighted by Crippen LogP contribution is 2.20. The molecule has 0 aromatic heterocycles. The molecule has 31 heavy (non-hydrogen) atoms. The second-order valence-electron chi connectivity index (χ2n) is 7.78. The van der Waals surface area contributed by atoms with Crippen molar-refractivity contribution >= 4 is 23.4 Å². The van der Waals surface area contributed by atoms with Crippen LogP contribution in [-0.2, 0) is 6.54 Å². The van der Waals surface area contributed by atoms with E-state index in [0.717, 1.165) is 43.4 Å². The molecule has 0 bridgehead atoms. The lowest BCUT2D eigenvalue weighted by Crippen LogP contribution is -2.52. The van der Waals surface area contributed by atoms with E-state index in [1.165, 1.54) is 6.07 Å². The third-order valence-electron chi connectivity index (χ3n) is 5.07. The molecule has 1 aliphatic heterocycles. The summed E-state index contributed by atoms with van der Waals surface area (Å²) in [5, 5.41) is 9.01. The van der Waals surface area contributed by atoms with Gasteiger partial charge in [-0.3, -0.25) is 4.99 Å². The van der Waals surface area contributed by atoms with Gasteiger partial charge in [-0.25, -0.2) is 9.18 Å². The van der Waals surface area contributed by atoms with Gasteiger partial charge < -0.3 is 25.8 Å². The van der Waals surface area contributed by atoms with E-state index in [4.69, 9.17) is 0 Å². The molecule has 2 aromatic rings. The van der Waals surface area contributed by atoms with Gasteiger partial charge in [-0.2, -0.15) is 0 Å². The van der Waals surface area contributed by atoms with E-state index < -0.39 is 0 Å². The SMILES string of the molecule is CN=C(NCc1ccc(NC(=O)NC(C)C)cc1)N1CCN(c2ccccc2F)CC1. The number of carbonyl (C=O) groups is 1. The summed E-state index contributed by atoms with van der Waals surface area (Å²) in [7, 11) is 1.77. The summed E-state index contributed by atoms with van der Waals surface area (Å²) < 4.78 is 14.0. The molecule has 7 nitrogen and oxygen atoms in total. The smallest absolute Gasteiger partial charge is 0.319 e. The molecule has 166 valence electrons. The van der Waals surface area contributed by atoms with Crippen molar-refractivity contribution < 1.29 is 9.18 Å². The number of halogens is 1. The van der Waals surface area contributed by atoms with Gasteiger partial charge in [-0.05, 0) is 43.7 Å². The van der Waals surface area contributed by atoms with Crippen molar-refractivity contribution in [3.05, 3.63) is 59.9 Å². The van der Waals surface area contributed by atoms with Crippen LogP contribution in [0.5, 0.6) is 0 Å². The fraction of sp³-hybridized carbons (Fsp3) is 0.391. The van der Waals surface area contributed by atoms with Crippen molar-refractivity contribution in [3.8, 4) is 0 Å². The van der Waals surface area contributed by atoms with Crippen molar-refractivity contribution in [3.63, 3.8) is 0 Å². The maximum atomic E-state index is 14.0. The second-order valence-corrected chi connectivity index (χ2v) is 7.78. The summed E-state index contributed by atoms with van der Waals surface area (Å²) in [4.78, 5) is 20.4. The molecule has 1 fully saturated rings. The Balaban J connectivity index is 1.49. The number of benzene rings is 2. The van der Waals surface area contributed by atoms with Crippen LogP contribution in [0.15, 0.2) is 53.5 Å². The molecule has 1 heterocycles. The van der Waals surface area contributed by atoms with Crippen molar-refractivity contribution in [2.45, 2.75) is 26.4 Å². The molecule has 1 aliphatic rings. The maximum Gasteiger partial charge on any atom is 0.319 e. The summed E-state index contributed by atoms with van der Waals surface area (Å²) >= 11 is 0. The normalized spacial score (nSPS) is 14.5. The first kappa shape index (κ1) is 22.4. The van der Waals surface area contributed by atoms with Gasteiger partial charge in [-0.1, -0.05) is 24.3 Å². The largest absolute Gasteiger partial charge is 0.366 e. The van der Waals surface area contributed by atoms with Crippen LogP contribution in [0, 0.1) is 5.82 Å². The zero-order valence-electron chi connectivity index (χ0n) is 18.4. The van der Waals surface area contributed by atoms with Crippen LogP contribution in [0.4, 0.5) is 20.6 Å². The number of anilines is 2. The Morgan fingerprint density at radius 2 is 1.74 bits per heavy atom. The lowest BCUT2D eigenvalue weighted by atomic mass is 10.2. The van der Waals surface area contributed by atoms with E-state index >= 15 is 0 Å². The van der Waals surface area contributed by atoms with Crippen molar-refractivity contribution in [2.75, 3.05) is 43.4 Å². The fourth-order valence-electron chi connectivity index (χ4n) is 3.52. The Hall–Kier alpha value is -3.29. The number of aliphatic imine (C=N–C) groups is 1. The number of carbonyl (C=O) groups excluding carboxylic acids is 1. The molecule has 3 N–H and O–H groups in total. The van der Waals surface area contributed by atoms with E-state index in [1.54, 1.807) is 13.1 Å². The van der Waals surface area contributed by atoms with Gasteiger partial charge in [0.25, 0.3) is 0 Å². The third kappa shape index (κ3) is 6.34. The highest BCUT2D eigenvalue weighted by atomic mass is 19.1. The number of amides is 2. The van der Waals surface area contributed by atoms with E-state index in [1.807, 2.05) is 50.2 Å². The van der Waals surface area contributed by atoms with E-state index in [2.05, 4.69) is 30.7 Å². The number of hydrogen-bond donors (Lipinski definition) is 3. The zero-order chi connectivity index (χ0) is 22.2. The van der Waals surface area contributed by atoms with Gasteiger partial charge in [0.05, 0.1) is 5.69 Å². The minimum absolute atomic E-state index is 0.0869. The average molecular weight is 427 g/mol. The summed E-state index contributed by atoms with van der Waals surface area (Å²) in [6, 6.07) is 14.5. The van der Waals surface area contributed by atoms with Crippen molar-refractivity contribution in [2.24, 2.45) is 4.99 Å². The van der Waals surface area contributed by atoms with Crippen LogP contribution < -0.4 is 20.9 Å². The highest BCUT2D eigenvalue weighted by Gasteiger charge is 2.21. The van der Waals surface area contributed by atoms with Crippen LogP contribution in [-0.4, -0.2) is 56.2 Å². The van der Waals surface area contributed by atoms with E-state index in [-0.39, 0.29) is 17.9 Å². The topological polar surface area (TPSA) is 72.0 Å². The first-order chi connectivity index (χ1) is 15.0. The van der Waals surface area contributed by atoms with Gasteiger partial charge in [0.2, 0.25) is 0 Å². The zero-order valence-corrected chi connectivity index (χ0v) is 18.4. The number of hydrogen-bond acceptors (Lipinski definition) is 3. The first-order valence-electron chi connectivity index (χ1n) is 10.6. The lowest BCUT2D eigenvalue weighted by molar-refractivity contribution is 0.250. The number of urea groups is 1. The Labute approximate surface area is 183 Å². The second kappa shape index (κ2) is 10.7. The van der Waals surface area contributed by atoms with E-state index in [0.29, 0.717) is 12.2 Å². The Kier molecular flexibility index (Phi) is 7.70.